The predicted octanol–water partition coefficient (Wildman–Crippen LogP) is 3.52. The average molecular weight is 327 g/mol. The summed E-state index contributed by atoms with van der Waals surface area (Å²) >= 11 is 0. The van der Waals surface area contributed by atoms with Gasteiger partial charge < -0.3 is 9.26 Å². The van der Waals surface area contributed by atoms with E-state index in [0.717, 1.165) is 36.7 Å². The van der Waals surface area contributed by atoms with E-state index in [-0.39, 0.29) is 0 Å². The maximum Gasteiger partial charge on any atom is 0.151 e. The first kappa shape index (κ1) is 15.8. The third-order valence-electron chi connectivity index (χ3n) is 5.71. The Hall–Kier alpha value is -1.72. The van der Waals surface area contributed by atoms with E-state index in [9.17, 15) is 0 Å². The van der Waals surface area contributed by atoms with Crippen molar-refractivity contribution in [1.82, 2.24) is 15.0 Å². The number of nitrogens with zero attached hydrogens (tertiary/aromatic N) is 3. The van der Waals surface area contributed by atoms with Crippen molar-refractivity contribution in [2.75, 3.05) is 20.2 Å². The fraction of sp³-hybridized carbons (Fsp3) is 0.579. The van der Waals surface area contributed by atoms with E-state index in [2.05, 4.69) is 21.1 Å². The summed E-state index contributed by atoms with van der Waals surface area (Å²) in [5, 5.41) is 4.22. The van der Waals surface area contributed by atoms with Crippen molar-refractivity contribution in [1.29, 1.82) is 0 Å². The molecule has 2 atom stereocenters. The molecular weight excluding hydrogens is 302 g/mol. The molecule has 1 aliphatic carbocycles. The first-order valence-corrected chi connectivity index (χ1v) is 8.90. The summed E-state index contributed by atoms with van der Waals surface area (Å²) in [6, 6.07) is 5.97. The van der Waals surface area contributed by atoms with Crippen molar-refractivity contribution in [3.8, 4) is 11.3 Å². The van der Waals surface area contributed by atoms with Gasteiger partial charge in [0.2, 0.25) is 0 Å². The molecule has 2 fully saturated rings. The van der Waals surface area contributed by atoms with E-state index < -0.39 is 0 Å². The van der Waals surface area contributed by atoms with Crippen LogP contribution >= 0.6 is 0 Å². The molecule has 5 heteroatoms. The van der Waals surface area contributed by atoms with Crippen LogP contribution < -0.4 is 0 Å². The zero-order chi connectivity index (χ0) is 16.4. The highest BCUT2D eigenvalue weighted by molar-refractivity contribution is 5.57. The molecule has 0 radical (unpaired) electrons. The summed E-state index contributed by atoms with van der Waals surface area (Å²) in [6.07, 6.45) is 10.3. The zero-order valence-electron chi connectivity index (χ0n) is 14.3. The van der Waals surface area contributed by atoms with Gasteiger partial charge >= 0.3 is 0 Å². The summed E-state index contributed by atoms with van der Waals surface area (Å²) in [7, 11) is 1.87. The SMILES string of the molecule is CO[C@@H]1CCC[C@]12CCCN(Cc1cc(-c3ccncc3)no1)C2. The molecule has 4 rings (SSSR count). The third-order valence-corrected chi connectivity index (χ3v) is 5.71. The summed E-state index contributed by atoms with van der Waals surface area (Å²) in [6.45, 7) is 3.07. The highest BCUT2D eigenvalue weighted by Crippen LogP contribution is 2.46. The second-order valence-corrected chi connectivity index (χ2v) is 7.21. The van der Waals surface area contributed by atoms with Crippen LogP contribution in [0.1, 0.15) is 37.9 Å². The van der Waals surface area contributed by atoms with Crippen LogP contribution in [0, 0.1) is 5.41 Å². The Bertz CT molecular complexity index is 672. The number of hydrogen-bond donors (Lipinski definition) is 0. The van der Waals surface area contributed by atoms with Crippen molar-refractivity contribution >= 4 is 0 Å². The lowest BCUT2D eigenvalue weighted by Gasteiger charge is -2.43. The minimum atomic E-state index is 0.348. The van der Waals surface area contributed by atoms with Gasteiger partial charge in [-0.1, -0.05) is 11.6 Å². The molecule has 128 valence electrons. The van der Waals surface area contributed by atoms with Gasteiger partial charge in [0.15, 0.2) is 5.76 Å². The maximum atomic E-state index is 5.80. The van der Waals surface area contributed by atoms with Crippen molar-refractivity contribution < 1.29 is 9.26 Å². The number of hydrogen-bond acceptors (Lipinski definition) is 5. The number of ether oxygens (including phenoxy) is 1. The molecule has 1 saturated carbocycles. The smallest absolute Gasteiger partial charge is 0.151 e. The van der Waals surface area contributed by atoms with E-state index in [1.165, 1.54) is 32.1 Å². The second kappa shape index (κ2) is 6.65. The van der Waals surface area contributed by atoms with Gasteiger partial charge in [-0.2, -0.15) is 0 Å². The van der Waals surface area contributed by atoms with Gasteiger partial charge in [0.05, 0.1) is 12.6 Å². The van der Waals surface area contributed by atoms with E-state index in [1.807, 2.05) is 19.2 Å². The van der Waals surface area contributed by atoms with Crippen LogP contribution in [0.15, 0.2) is 35.1 Å². The zero-order valence-corrected chi connectivity index (χ0v) is 14.3. The molecular formula is C19H25N3O2. The lowest BCUT2D eigenvalue weighted by molar-refractivity contribution is -0.0380. The van der Waals surface area contributed by atoms with E-state index >= 15 is 0 Å². The van der Waals surface area contributed by atoms with Crippen molar-refractivity contribution in [3.05, 3.63) is 36.4 Å². The van der Waals surface area contributed by atoms with Gasteiger partial charge in [0.25, 0.3) is 0 Å². The van der Waals surface area contributed by atoms with Gasteiger partial charge in [-0.05, 0) is 44.4 Å². The Morgan fingerprint density at radius 2 is 2.12 bits per heavy atom. The maximum absolute atomic E-state index is 5.80. The van der Waals surface area contributed by atoms with E-state index in [0.29, 0.717) is 11.5 Å². The number of rotatable bonds is 4. The van der Waals surface area contributed by atoms with Crippen molar-refractivity contribution in [3.63, 3.8) is 0 Å². The van der Waals surface area contributed by atoms with Crippen LogP contribution in [0.5, 0.6) is 0 Å². The number of piperidine rings is 1. The molecule has 0 bridgehead atoms. The van der Waals surface area contributed by atoms with Crippen LogP contribution in [0.2, 0.25) is 0 Å². The van der Waals surface area contributed by atoms with Crippen LogP contribution in [0.3, 0.4) is 0 Å². The molecule has 0 amide bonds. The Morgan fingerprint density at radius 3 is 2.96 bits per heavy atom. The summed E-state index contributed by atoms with van der Waals surface area (Å²) in [5.41, 5.74) is 2.28. The molecule has 2 aromatic rings. The molecule has 5 nitrogen and oxygen atoms in total. The minimum absolute atomic E-state index is 0.348. The van der Waals surface area contributed by atoms with Gasteiger partial charge in [0.1, 0.15) is 5.69 Å². The second-order valence-electron chi connectivity index (χ2n) is 7.21. The fourth-order valence-electron chi connectivity index (χ4n) is 4.60. The Kier molecular flexibility index (Phi) is 4.37. The molecule has 1 saturated heterocycles. The fourth-order valence-corrected chi connectivity index (χ4v) is 4.60. The van der Waals surface area contributed by atoms with Crippen LogP contribution in [0.25, 0.3) is 11.3 Å². The molecule has 24 heavy (non-hydrogen) atoms. The Morgan fingerprint density at radius 1 is 1.29 bits per heavy atom. The molecule has 1 spiro atoms. The topological polar surface area (TPSA) is 51.4 Å². The normalized spacial score (nSPS) is 27.8. The Balaban J connectivity index is 1.45. The largest absolute Gasteiger partial charge is 0.381 e. The van der Waals surface area contributed by atoms with Gasteiger partial charge in [-0.25, -0.2) is 0 Å². The highest BCUT2D eigenvalue weighted by atomic mass is 16.5. The average Bonchev–Trinajstić information content (AvgIpc) is 3.23. The van der Waals surface area contributed by atoms with Gasteiger partial charge in [-0.3, -0.25) is 9.88 Å². The number of aromatic nitrogens is 2. The summed E-state index contributed by atoms with van der Waals surface area (Å²) in [4.78, 5) is 6.56. The quantitative estimate of drug-likeness (QED) is 0.860. The molecule has 2 aliphatic rings. The molecule has 0 N–H and O–H groups in total. The van der Waals surface area contributed by atoms with Gasteiger partial charge in [0, 0.05) is 43.1 Å². The molecule has 1 aliphatic heterocycles. The van der Waals surface area contributed by atoms with Crippen LogP contribution in [0.4, 0.5) is 0 Å². The van der Waals surface area contributed by atoms with Crippen LogP contribution in [-0.4, -0.2) is 41.3 Å². The number of likely N-dealkylation sites (tertiary alicyclic amines) is 1. The minimum Gasteiger partial charge on any atom is -0.381 e. The molecule has 0 unspecified atom stereocenters. The number of pyridine rings is 1. The predicted molar refractivity (Wildman–Crippen MR) is 91.3 cm³/mol. The lowest BCUT2D eigenvalue weighted by atomic mass is 9.76. The molecule has 3 heterocycles. The van der Waals surface area contributed by atoms with Crippen LogP contribution in [-0.2, 0) is 11.3 Å². The third kappa shape index (κ3) is 2.98. The van der Waals surface area contributed by atoms with Crippen molar-refractivity contribution in [2.24, 2.45) is 5.41 Å². The number of methoxy groups -OCH3 is 1. The Labute approximate surface area is 143 Å². The molecule has 2 aromatic heterocycles. The van der Waals surface area contributed by atoms with E-state index in [1.54, 1.807) is 12.4 Å². The first-order chi connectivity index (χ1) is 11.8. The molecule has 0 aromatic carbocycles. The van der Waals surface area contributed by atoms with E-state index in [4.69, 9.17) is 9.26 Å². The first-order valence-electron chi connectivity index (χ1n) is 8.90. The summed E-state index contributed by atoms with van der Waals surface area (Å²) < 4.78 is 11.4. The lowest BCUT2D eigenvalue weighted by Crippen LogP contribution is -2.47. The monoisotopic (exact) mass is 327 g/mol. The standard InChI is InChI=1S/C19H25N3O2/c1-23-18-4-2-7-19(18)8-3-11-22(14-19)13-16-12-17(21-24-16)15-5-9-20-10-6-15/h5-6,9-10,12,18H,2-4,7-8,11,13-14H2,1H3/t18-,19-/m1/s1. The van der Waals surface area contributed by atoms with Crippen molar-refractivity contribution in [2.45, 2.75) is 44.8 Å². The highest BCUT2D eigenvalue weighted by Gasteiger charge is 2.45. The van der Waals surface area contributed by atoms with Gasteiger partial charge in [-0.15, -0.1) is 0 Å². The summed E-state index contributed by atoms with van der Waals surface area (Å²) in [5.74, 6) is 0.936.